The zero-order chi connectivity index (χ0) is 13.2. The second-order valence-electron chi connectivity index (χ2n) is 4.76. The first-order valence-corrected chi connectivity index (χ1v) is 8.42. The number of imidazole rings is 1. The van der Waals surface area contributed by atoms with E-state index in [0.717, 1.165) is 23.5 Å². The quantitative estimate of drug-likeness (QED) is 0.799. The molecular formula is C13H15Cl2N3S. The number of thioether (sulfide) groups is 1. The van der Waals surface area contributed by atoms with Crippen molar-refractivity contribution >= 4 is 46.1 Å². The molecule has 102 valence electrons. The summed E-state index contributed by atoms with van der Waals surface area (Å²) in [7, 11) is 0. The van der Waals surface area contributed by atoms with Gasteiger partial charge in [-0.05, 0) is 24.7 Å². The fraction of sp³-hybridized carbons (Fsp3) is 0.538. The highest BCUT2D eigenvalue weighted by Gasteiger charge is 2.19. The molecule has 0 radical (unpaired) electrons. The lowest BCUT2D eigenvalue weighted by Gasteiger charge is -2.22. The summed E-state index contributed by atoms with van der Waals surface area (Å²) in [6.45, 7) is 0.942. The number of pyridine rings is 1. The van der Waals surface area contributed by atoms with Gasteiger partial charge in [0.25, 0.3) is 0 Å². The van der Waals surface area contributed by atoms with Crippen LogP contribution in [-0.4, -0.2) is 25.5 Å². The van der Waals surface area contributed by atoms with Crippen molar-refractivity contribution in [3.8, 4) is 0 Å². The predicted molar refractivity (Wildman–Crippen MR) is 82.2 cm³/mol. The van der Waals surface area contributed by atoms with Crippen LogP contribution in [0.2, 0.25) is 5.02 Å². The number of hydrogen-bond donors (Lipinski definition) is 0. The zero-order valence-corrected chi connectivity index (χ0v) is 12.8. The Morgan fingerprint density at radius 1 is 1.42 bits per heavy atom. The third-order valence-corrected chi connectivity index (χ3v) is 5.24. The molecule has 6 heteroatoms. The van der Waals surface area contributed by atoms with Crippen molar-refractivity contribution in [3.63, 3.8) is 0 Å². The first-order chi connectivity index (χ1) is 9.28. The molecule has 19 heavy (non-hydrogen) atoms. The van der Waals surface area contributed by atoms with Gasteiger partial charge < -0.3 is 4.57 Å². The zero-order valence-electron chi connectivity index (χ0n) is 10.5. The fourth-order valence-electron chi connectivity index (χ4n) is 2.48. The molecule has 1 aliphatic rings. The van der Waals surface area contributed by atoms with Gasteiger partial charge in [-0.25, -0.2) is 9.97 Å². The van der Waals surface area contributed by atoms with E-state index in [1.165, 1.54) is 25.0 Å². The van der Waals surface area contributed by atoms with E-state index >= 15 is 0 Å². The van der Waals surface area contributed by atoms with Gasteiger partial charge in [0.05, 0.1) is 10.9 Å². The summed E-state index contributed by atoms with van der Waals surface area (Å²) in [6, 6.07) is 1.85. The van der Waals surface area contributed by atoms with Gasteiger partial charge in [0.1, 0.15) is 11.3 Å². The van der Waals surface area contributed by atoms with E-state index in [-0.39, 0.29) is 0 Å². The molecular weight excluding hydrogens is 301 g/mol. The highest BCUT2D eigenvalue weighted by Crippen LogP contribution is 2.28. The van der Waals surface area contributed by atoms with Crippen LogP contribution in [0.5, 0.6) is 0 Å². The van der Waals surface area contributed by atoms with E-state index in [0.29, 0.717) is 16.2 Å². The summed E-state index contributed by atoms with van der Waals surface area (Å²) < 4.78 is 2.15. The Hall–Kier alpha value is -0.450. The van der Waals surface area contributed by atoms with Gasteiger partial charge in [-0.1, -0.05) is 18.0 Å². The molecule has 2 aromatic rings. The summed E-state index contributed by atoms with van der Waals surface area (Å²) >= 11 is 14.0. The van der Waals surface area contributed by atoms with Crippen LogP contribution in [0.4, 0.5) is 0 Å². The molecule has 3 rings (SSSR count). The van der Waals surface area contributed by atoms with Gasteiger partial charge in [0.15, 0.2) is 5.65 Å². The summed E-state index contributed by atoms with van der Waals surface area (Å²) in [5, 5.41) is 1.26. The van der Waals surface area contributed by atoms with E-state index in [9.17, 15) is 0 Å². The van der Waals surface area contributed by atoms with E-state index in [1.54, 1.807) is 6.20 Å². The highest BCUT2D eigenvalue weighted by atomic mass is 35.5. The van der Waals surface area contributed by atoms with Gasteiger partial charge in [0, 0.05) is 18.0 Å². The SMILES string of the molecule is ClCc1nc2cc(Cl)cnc2n1CC1CCCCS1. The maximum atomic E-state index is 6.01. The van der Waals surface area contributed by atoms with Gasteiger partial charge in [-0.3, -0.25) is 0 Å². The average Bonchev–Trinajstić information content (AvgIpc) is 2.77. The minimum absolute atomic E-state index is 0.408. The lowest BCUT2D eigenvalue weighted by atomic mass is 10.2. The normalized spacial score (nSPS) is 20.0. The Bertz CT molecular complexity index is 579. The fourth-order valence-corrected chi connectivity index (χ4v) is 4.13. The molecule has 0 amide bonds. The second kappa shape index (κ2) is 5.90. The Kier molecular flexibility index (Phi) is 4.20. The third kappa shape index (κ3) is 2.86. The number of alkyl halides is 1. The number of hydrogen-bond acceptors (Lipinski definition) is 3. The van der Waals surface area contributed by atoms with Crippen molar-refractivity contribution in [2.75, 3.05) is 5.75 Å². The van der Waals surface area contributed by atoms with Crippen LogP contribution in [-0.2, 0) is 12.4 Å². The van der Waals surface area contributed by atoms with Gasteiger partial charge in [-0.2, -0.15) is 11.8 Å². The summed E-state index contributed by atoms with van der Waals surface area (Å²) in [4.78, 5) is 8.95. The number of aromatic nitrogens is 3. The molecule has 0 saturated carbocycles. The van der Waals surface area contributed by atoms with Crippen LogP contribution in [0.1, 0.15) is 25.1 Å². The molecule has 0 N–H and O–H groups in total. The van der Waals surface area contributed by atoms with Gasteiger partial charge in [0.2, 0.25) is 0 Å². The molecule has 3 nitrogen and oxygen atoms in total. The number of fused-ring (bicyclic) bond motifs is 1. The first-order valence-electron chi connectivity index (χ1n) is 6.46. The van der Waals surface area contributed by atoms with Crippen LogP contribution in [0.3, 0.4) is 0 Å². The van der Waals surface area contributed by atoms with E-state index in [4.69, 9.17) is 23.2 Å². The molecule has 0 spiro atoms. The molecule has 1 fully saturated rings. The second-order valence-corrected chi connectivity index (χ2v) is 6.87. The monoisotopic (exact) mass is 315 g/mol. The van der Waals surface area contributed by atoms with Crippen molar-refractivity contribution in [2.45, 2.75) is 36.9 Å². The minimum Gasteiger partial charge on any atom is -0.311 e. The Morgan fingerprint density at radius 2 is 2.32 bits per heavy atom. The Balaban J connectivity index is 1.95. The Labute approximate surface area is 126 Å². The number of nitrogens with zero attached hydrogens (tertiary/aromatic N) is 3. The van der Waals surface area contributed by atoms with Gasteiger partial charge >= 0.3 is 0 Å². The number of halogens is 2. The topological polar surface area (TPSA) is 30.7 Å². The molecule has 1 unspecified atom stereocenters. The van der Waals surface area contributed by atoms with Crippen molar-refractivity contribution in [1.29, 1.82) is 0 Å². The van der Waals surface area contributed by atoms with Crippen molar-refractivity contribution in [2.24, 2.45) is 0 Å². The van der Waals surface area contributed by atoms with Crippen LogP contribution >= 0.6 is 35.0 Å². The van der Waals surface area contributed by atoms with Crippen LogP contribution in [0.15, 0.2) is 12.3 Å². The molecule has 2 aromatic heterocycles. The summed E-state index contributed by atoms with van der Waals surface area (Å²) in [5.41, 5.74) is 1.73. The Morgan fingerprint density at radius 3 is 3.05 bits per heavy atom. The molecule has 1 atom stereocenters. The van der Waals surface area contributed by atoms with E-state index in [1.807, 2.05) is 17.8 Å². The molecule has 0 aromatic carbocycles. The lowest BCUT2D eigenvalue weighted by molar-refractivity contribution is 0.579. The van der Waals surface area contributed by atoms with E-state index in [2.05, 4.69) is 14.5 Å². The molecule has 3 heterocycles. The standard InChI is InChI=1S/C13H15Cl2N3S/c14-6-12-17-11-5-9(15)7-16-13(11)18(12)8-10-3-1-2-4-19-10/h5,7,10H,1-4,6,8H2. The maximum absolute atomic E-state index is 6.01. The maximum Gasteiger partial charge on any atom is 0.160 e. The van der Waals surface area contributed by atoms with Crippen molar-refractivity contribution in [1.82, 2.24) is 14.5 Å². The van der Waals surface area contributed by atoms with Crippen molar-refractivity contribution in [3.05, 3.63) is 23.1 Å². The summed E-state index contributed by atoms with van der Waals surface area (Å²) in [5.74, 6) is 2.55. The first kappa shape index (κ1) is 13.5. The van der Waals surface area contributed by atoms with Crippen molar-refractivity contribution < 1.29 is 0 Å². The lowest BCUT2D eigenvalue weighted by Crippen LogP contribution is -2.18. The summed E-state index contributed by atoms with van der Waals surface area (Å²) in [6.07, 6.45) is 5.59. The molecule has 1 aliphatic heterocycles. The predicted octanol–water partition coefficient (Wildman–Crippen LogP) is 4.11. The third-order valence-electron chi connectivity index (χ3n) is 3.41. The molecule has 0 aliphatic carbocycles. The average molecular weight is 316 g/mol. The molecule has 1 saturated heterocycles. The number of rotatable bonds is 3. The largest absolute Gasteiger partial charge is 0.311 e. The molecule has 0 bridgehead atoms. The minimum atomic E-state index is 0.408. The van der Waals surface area contributed by atoms with Crippen LogP contribution in [0.25, 0.3) is 11.2 Å². The highest BCUT2D eigenvalue weighted by molar-refractivity contribution is 7.99. The van der Waals surface area contributed by atoms with Gasteiger partial charge in [-0.15, -0.1) is 11.6 Å². The van der Waals surface area contributed by atoms with E-state index < -0.39 is 0 Å². The smallest absolute Gasteiger partial charge is 0.160 e. The van der Waals surface area contributed by atoms with Crippen LogP contribution < -0.4 is 0 Å². The van der Waals surface area contributed by atoms with Crippen LogP contribution in [0, 0.1) is 0 Å².